The Hall–Kier alpha value is -2.89. The lowest BCUT2D eigenvalue weighted by Crippen LogP contribution is -2.34. The third-order valence-electron chi connectivity index (χ3n) is 3.18. The maximum Gasteiger partial charge on any atom is 0.269 e. The van der Waals surface area contributed by atoms with Gasteiger partial charge in [0.05, 0.1) is 17.9 Å². The first-order chi connectivity index (χ1) is 11.0. The van der Waals surface area contributed by atoms with Crippen LogP contribution in [0.4, 0.5) is 5.69 Å². The molecule has 2 aromatic rings. The van der Waals surface area contributed by atoms with Gasteiger partial charge in [0.15, 0.2) is 0 Å². The van der Waals surface area contributed by atoms with E-state index in [-0.39, 0.29) is 24.1 Å². The van der Waals surface area contributed by atoms with Gasteiger partial charge in [0.2, 0.25) is 5.91 Å². The van der Waals surface area contributed by atoms with Gasteiger partial charge in [-0.2, -0.15) is 0 Å². The van der Waals surface area contributed by atoms with Crippen LogP contribution < -0.4 is 10.1 Å². The maximum atomic E-state index is 11.9. The summed E-state index contributed by atoms with van der Waals surface area (Å²) in [6.45, 7) is 2.26. The van der Waals surface area contributed by atoms with E-state index in [0.717, 1.165) is 11.3 Å². The van der Waals surface area contributed by atoms with Crippen LogP contribution in [0.15, 0.2) is 54.6 Å². The number of nitrogens with one attached hydrogen (secondary N) is 1. The molecule has 1 amide bonds. The number of nitro benzene ring substituents is 1. The fourth-order valence-electron chi connectivity index (χ4n) is 2.01. The van der Waals surface area contributed by atoms with Crippen molar-refractivity contribution in [3.63, 3.8) is 0 Å². The fourth-order valence-corrected chi connectivity index (χ4v) is 2.01. The van der Waals surface area contributed by atoms with Gasteiger partial charge in [-0.25, -0.2) is 0 Å². The minimum absolute atomic E-state index is 0.0130. The van der Waals surface area contributed by atoms with Crippen LogP contribution in [0.25, 0.3) is 0 Å². The van der Waals surface area contributed by atoms with Gasteiger partial charge < -0.3 is 10.1 Å². The second-order valence-corrected chi connectivity index (χ2v) is 5.15. The van der Waals surface area contributed by atoms with Crippen LogP contribution in [0.5, 0.6) is 5.75 Å². The quantitative estimate of drug-likeness (QED) is 0.629. The molecular weight excluding hydrogens is 296 g/mol. The van der Waals surface area contributed by atoms with E-state index in [1.165, 1.54) is 12.1 Å². The summed E-state index contributed by atoms with van der Waals surface area (Å²) < 4.78 is 5.67. The molecule has 1 atom stereocenters. The maximum absolute atomic E-state index is 11.9. The summed E-state index contributed by atoms with van der Waals surface area (Å²) >= 11 is 0. The third kappa shape index (κ3) is 5.43. The molecule has 0 fully saturated rings. The van der Waals surface area contributed by atoms with Crippen LogP contribution in [-0.4, -0.2) is 23.5 Å². The molecule has 0 saturated carbocycles. The van der Waals surface area contributed by atoms with Crippen molar-refractivity contribution < 1.29 is 14.5 Å². The van der Waals surface area contributed by atoms with Gasteiger partial charge in [-0.1, -0.05) is 30.3 Å². The van der Waals surface area contributed by atoms with Gasteiger partial charge in [0, 0.05) is 12.1 Å². The fraction of sp³-hybridized carbons (Fsp3) is 0.235. The minimum atomic E-state index is -0.466. The first kappa shape index (κ1) is 16.5. The number of nitrogens with zero attached hydrogens (tertiary/aromatic N) is 1. The normalized spacial score (nSPS) is 11.5. The topological polar surface area (TPSA) is 81.5 Å². The van der Waals surface area contributed by atoms with Crippen molar-refractivity contribution in [3.05, 3.63) is 70.3 Å². The second-order valence-electron chi connectivity index (χ2n) is 5.15. The van der Waals surface area contributed by atoms with Crippen molar-refractivity contribution in [1.82, 2.24) is 5.32 Å². The molecule has 0 spiro atoms. The van der Waals surface area contributed by atoms with E-state index in [2.05, 4.69) is 5.32 Å². The van der Waals surface area contributed by atoms with Gasteiger partial charge in [-0.05, 0) is 24.6 Å². The van der Waals surface area contributed by atoms with Crippen LogP contribution >= 0.6 is 0 Å². The van der Waals surface area contributed by atoms with Crippen molar-refractivity contribution in [2.45, 2.75) is 19.4 Å². The Kier molecular flexibility index (Phi) is 5.68. The van der Waals surface area contributed by atoms with Crippen LogP contribution in [0, 0.1) is 10.1 Å². The molecule has 0 aromatic heterocycles. The number of hydrogen-bond donors (Lipinski definition) is 1. The highest BCUT2D eigenvalue weighted by Crippen LogP contribution is 2.12. The summed E-state index contributed by atoms with van der Waals surface area (Å²) in [5.41, 5.74) is 0.740. The van der Waals surface area contributed by atoms with Crippen LogP contribution in [0.2, 0.25) is 0 Å². The van der Waals surface area contributed by atoms with Gasteiger partial charge in [0.1, 0.15) is 11.9 Å². The van der Waals surface area contributed by atoms with E-state index in [4.69, 9.17) is 4.74 Å². The molecule has 0 aliphatic heterocycles. The molecule has 2 aromatic carbocycles. The molecular formula is C17H18N2O4. The highest BCUT2D eigenvalue weighted by atomic mass is 16.6. The molecule has 0 bridgehead atoms. The van der Waals surface area contributed by atoms with E-state index in [9.17, 15) is 14.9 Å². The number of hydrogen-bond acceptors (Lipinski definition) is 4. The van der Waals surface area contributed by atoms with Crippen molar-refractivity contribution in [2.24, 2.45) is 0 Å². The molecule has 1 N–H and O–H groups in total. The number of ether oxygens (including phenoxy) is 1. The zero-order valence-electron chi connectivity index (χ0n) is 12.8. The summed E-state index contributed by atoms with van der Waals surface area (Å²) in [6.07, 6.45) is 0.0222. The lowest BCUT2D eigenvalue weighted by Gasteiger charge is -2.15. The van der Waals surface area contributed by atoms with Crippen LogP contribution in [0.3, 0.4) is 0 Å². The van der Waals surface area contributed by atoms with Crippen LogP contribution in [-0.2, 0) is 11.2 Å². The number of para-hydroxylation sites is 1. The Morgan fingerprint density at radius 3 is 2.43 bits per heavy atom. The lowest BCUT2D eigenvalue weighted by molar-refractivity contribution is -0.384. The Labute approximate surface area is 134 Å². The zero-order chi connectivity index (χ0) is 16.7. The second kappa shape index (κ2) is 7.93. The van der Waals surface area contributed by atoms with Gasteiger partial charge in [-0.3, -0.25) is 14.9 Å². The Morgan fingerprint density at radius 1 is 1.17 bits per heavy atom. The Bertz CT molecular complexity index is 656. The lowest BCUT2D eigenvalue weighted by atomic mass is 10.1. The first-order valence-corrected chi connectivity index (χ1v) is 7.26. The zero-order valence-corrected chi connectivity index (χ0v) is 12.8. The summed E-state index contributed by atoms with van der Waals surface area (Å²) in [6, 6.07) is 15.3. The van der Waals surface area contributed by atoms with Gasteiger partial charge in [-0.15, -0.1) is 0 Å². The van der Waals surface area contributed by atoms with Gasteiger partial charge >= 0.3 is 0 Å². The highest BCUT2D eigenvalue weighted by molar-refractivity contribution is 5.78. The monoisotopic (exact) mass is 314 g/mol. The SMILES string of the molecule is CC(CNC(=O)Cc1ccc([N+](=O)[O-])cc1)Oc1ccccc1. The molecule has 0 heterocycles. The number of rotatable bonds is 7. The smallest absolute Gasteiger partial charge is 0.269 e. The van der Waals surface area contributed by atoms with Crippen molar-refractivity contribution in [1.29, 1.82) is 0 Å². The van der Waals surface area contributed by atoms with E-state index >= 15 is 0 Å². The number of benzene rings is 2. The van der Waals surface area contributed by atoms with Crippen molar-refractivity contribution >= 4 is 11.6 Å². The summed E-state index contributed by atoms with van der Waals surface area (Å²) in [5.74, 6) is 0.604. The molecule has 2 rings (SSSR count). The largest absolute Gasteiger partial charge is 0.489 e. The summed E-state index contributed by atoms with van der Waals surface area (Å²) in [5, 5.41) is 13.4. The predicted molar refractivity (Wildman–Crippen MR) is 86.3 cm³/mol. The van der Waals surface area contributed by atoms with Gasteiger partial charge in [0.25, 0.3) is 5.69 Å². The molecule has 6 heteroatoms. The highest BCUT2D eigenvalue weighted by Gasteiger charge is 2.09. The molecule has 0 aliphatic carbocycles. The summed E-state index contributed by atoms with van der Waals surface area (Å²) in [4.78, 5) is 22.0. The standard InChI is InChI=1S/C17H18N2O4/c1-13(23-16-5-3-2-4-6-16)12-18-17(20)11-14-7-9-15(10-8-14)19(21)22/h2-10,13H,11-12H2,1H3,(H,18,20). The minimum Gasteiger partial charge on any atom is -0.489 e. The predicted octanol–water partition coefficient (Wildman–Crippen LogP) is 2.72. The molecule has 0 radical (unpaired) electrons. The number of non-ortho nitro benzene ring substituents is 1. The average Bonchev–Trinajstić information content (AvgIpc) is 2.54. The van der Waals surface area contributed by atoms with E-state index in [0.29, 0.717) is 6.54 Å². The molecule has 0 saturated heterocycles. The van der Waals surface area contributed by atoms with Crippen molar-refractivity contribution in [2.75, 3.05) is 6.54 Å². The van der Waals surface area contributed by atoms with E-state index < -0.39 is 4.92 Å². The number of amides is 1. The number of nitro groups is 1. The third-order valence-corrected chi connectivity index (χ3v) is 3.18. The van der Waals surface area contributed by atoms with E-state index in [1.54, 1.807) is 12.1 Å². The molecule has 6 nitrogen and oxygen atoms in total. The Balaban J connectivity index is 1.77. The average molecular weight is 314 g/mol. The summed E-state index contributed by atoms with van der Waals surface area (Å²) in [7, 11) is 0. The molecule has 23 heavy (non-hydrogen) atoms. The Morgan fingerprint density at radius 2 is 1.83 bits per heavy atom. The van der Waals surface area contributed by atoms with E-state index in [1.807, 2.05) is 37.3 Å². The number of carbonyl (C=O) groups excluding carboxylic acids is 1. The first-order valence-electron chi connectivity index (χ1n) is 7.26. The molecule has 0 aliphatic rings. The van der Waals surface area contributed by atoms with Crippen molar-refractivity contribution in [3.8, 4) is 5.75 Å². The number of carbonyl (C=O) groups is 1. The molecule has 120 valence electrons. The molecule has 1 unspecified atom stereocenters. The van der Waals surface area contributed by atoms with Crippen LogP contribution in [0.1, 0.15) is 12.5 Å².